The zero-order valence-electron chi connectivity index (χ0n) is 20.7. The van der Waals surface area contributed by atoms with E-state index in [1.54, 1.807) is 20.0 Å². The molecular weight excluding hydrogens is 412 g/mol. The lowest BCUT2D eigenvalue weighted by molar-refractivity contribution is -0.123. The Hall–Kier alpha value is -2.44. The Morgan fingerprint density at radius 3 is 2.42 bits per heavy atom. The van der Waals surface area contributed by atoms with Crippen LogP contribution in [0.2, 0.25) is 0 Å². The number of amides is 1. The summed E-state index contributed by atoms with van der Waals surface area (Å²) in [7, 11) is 2.21. The van der Waals surface area contributed by atoms with Crippen molar-refractivity contribution in [2.75, 3.05) is 36.5 Å². The Morgan fingerprint density at radius 1 is 1.09 bits per heavy atom. The molecule has 4 rings (SSSR count). The van der Waals surface area contributed by atoms with Crippen molar-refractivity contribution in [2.24, 2.45) is 5.92 Å². The third kappa shape index (κ3) is 5.07. The Bertz CT molecular complexity index is 957. The number of aromatic nitrogens is 1. The summed E-state index contributed by atoms with van der Waals surface area (Å²) in [6, 6.07) is 13.3. The van der Waals surface area contributed by atoms with Gasteiger partial charge in [0.2, 0.25) is 5.91 Å². The number of carbonyl (C=O) groups excluding carboxylic acids is 1. The summed E-state index contributed by atoms with van der Waals surface area (Å²) < 4.78 is 0. The molecule has 3 heterocycles. The fourth-order valence-corrected chi connectivity index (χ4v) is 5.16. The molecule has 2 saturated heterocycles. The van der Waals surface area contributed by atoms with Gasteiger partial charge in [-0.1, -0.05) is 18.2 Å². The summed E-state index contributed by atoms with van der Waals surface area (Å²) in [4.78, 5) is 24.7. The van der Waals surface area contributed by atoms with Gasteiger partial charge < -0.3 is 14.9 Å². The molecule has 0 bridgehead atoms. The minimum absolute atomic E-state index is 0.0313. The van der Waals surface area contributed by atoms with Crippen LogP contribution in [0.15, 0.2) is 42.6 Å². The van der Waals surface area contributed by atoms with E-state index in [9.17, 15) is 9.90 Å². The highest BCUT2D eigenvalue weighted by atomic mass is 16.3. The van der Waals surface area contributed by atoms with Crippen LogP contribution in [0.4, 0.5) is 11.4 Å². The standard InChI is InChI=1S/C27H38N4O2/c1-19-17-30(18-20(2)29(19)5)24-11-7-6-9-21(24)15-22-10-8-14-31(26(22)32)23-12-13-25(28-16-23)27(3,4)33/h6-7,9,11-13,16,19-20,22,33H,8,10,14-15,17-18H2,1-5H3. The molecule has 0 saturated carbocycles. The van der Waals surface area contributed by atoms with Crippen LogP contribution in [-0.2, 0) is 16.8 Å². The Morgan fingerprint density at radius 2 is 1.79 bits per heavy atom. The van der Waals surface area contributed by atoms with E-state index in [-0.39, 0.29) is 11.8 Å². The van der Waals surface area contributed by atoms with Gasteiger partial charge in [-0.25, -0.2) is 0 Å². The number of nitrogens with zero attached hydrogens (tertiary/aromatic N) is 4. The molecule has 1 N–H and O–H groups in total. The van der Waals surface area contributed by atoms with E-state index in [1.165, 1.54) is 11.3 Å². The summed E-state index contributed by atoms with van der Waals surface area (Å²) in [6.45, 7) is 10.7. The van der Waals surface area contributed by atoms with Crippen LogP contribution in [0.25, 0.3) is 0 Å². The molecule has 2 fully saturated rings. The van der Waals surface area contributed by atoms with Gasteiger partial charge in [-0.3, -0.25) is 14.7 Å². The molecule has 0 aliphatic carbocycles. The smallest absolute Gasteiger partial charge is 0.230 e. The number of aliphatic hydroxyl groups is 1. The van der Waals surface area contributed by atoms with E-state index < -0.39 is 5.60 Å². The maximum absolute atomic E-state index is 13.5. The number of piperazine rings is 1. The molecule has 6 heteroatoms. The lowest BCUT2D eigenvalue weighted by atomic mass is 9.89. The van der Waals surface area contributed by atoms with Gasteiger partial charge in [0.15, 0.2) is 0 Å². The van der Waals surface area contributed by atoms with Crippen LogP contribution >= 0.6 is 0 Å². The normalized spacial score (nSPS) is 24.9. The third-order valence-corrected chi connectivity index (χ3v) is 7.39. The van der Waals surface area contributed by atoms with Crippen molar-refractivity contribution in [3.8, 4) is 0 Å². The number of rotatable bonds is 5. The van der Waals surface area contributed by atoms with Gasteiger partial charge in [-0.15, -0.1) is 0 Å². The van der Waals surface area contributed by atoms with Crippen molar-refractivity contribution >= 4 is 17.3 Å². The first kappa shape index (κ1) is 23.7. The molecule has 2 aliphatic rings. The number of anilines is 2. The first-order valence-electron chi connectivity index (χ1n) is 12.2. The lowest BCUT2D eigenvalue weighted by Gasteiger charge is -2.44. The van der Waals surface area contributed by atoms with Crippen LogP contribution in [0.1, 0.15) is 51.8 Å². The SMILES string of the molecule is CC1CN(c2ccccc2CC2CCCN(c3ccc(C(C)(C)O)nc3)C2=O)CC(C)N1C. The summed E-state index contributed by atoms with van der Waals surface area (Å²) >= 11 is 0. The van der Waals surface area contributed by atoms with E-state index >= 15 is 0 Å². The van der Waals surface area contributed by atoms with Crippen LogP contribution < -0.4 is 9.80 Å². The molecule has 1 aromatic heterocycles. The Labute approximate surface area is 198 Å². The van der Waals surface area contributed by atoms with Crippen molar-refractivity contribution in [2.45, 2.75) is 64.6 Å². The molecule has 1 aromatic carbocycles. The largest absolute Gasteiger partial charge is 0.384 e. The second-order valence-electron chi connectivity index (χ2n) is 10.4. The van der Waals surface area contributed by atoms with Crippen LogP contribution in [0.3, 0.4) is 0 Å². The maximum atomic E-state index is 13.5. The molecular formula is C27H38N4O2. The number of piperidine rings is 1. The average molecular weight is 451 g/mol. The quantitative estimate of drug-likeness (QED) is 0.750. The minimum Gasteiger partial charge on any atom is -0.384 e. The molecule has 2 aromatic rings. The summed E-state index contributed by atoms with van der Waals surface area (Å²) in [5.74, 6) is 0.144. The van der Waals surface area contributed by atoms with Gasteiger partial charge in [0, 0.05) is 43.3 Å². The zero-order chi connectivity index (χ0) is 23.8. The van der Waals surface area contributed by atoms with Gasteiger partial charge in [0.05, 0.1) is 17.6 Å². The molecule has 0 spiro atoms. The molecule has 0 radical (unpaired) electrons. The molecule has 1 amide bonds. The summed E-state index contributed by atoms with van der Waals surface area (Å²) in [5.41, 5.74) is 2.96. The van der Waals surface area contributed by atoms with Gasteiger partial charge >= 0.3 is 0 Å². The molecule has 3 unspecified atom stereocenters. The van der Waals surface area contributed by atoms with E-state index in [4.69, 9.17) is 0 Å². The van der Waals surface area contributed by atoms with E-state index in [0.29, 0.717) is 24.3 Å². The predicted molar refractivity (Wildman–Crippen MR) is 134 cm³/mol. The van der Waals surface area contributed by atoms with Gasteiger partial charge in [-0.05, 0) is 77.8 Å². The summed E-state index contributed by atoms with van der Waals surface area (Å²) in [5, 5.41) is 10.2. The van der Waals surface area contributed by atoms with Crippen molar-refractivity contribution in [1.29, 1.82) is 0 Å². The number of hydrogen-bond acceptors (Lipinski definition) is 5. The number of hydrogen-bond donors (Lipinski definition) is 1. The molecule has 2 aliphatic heterocycles. The number of benzene rings is 1. The molecule has 178 valence electrons. The zero-order valence-corrected chi connectivity index (χ0v) is 20.7. The van der Waals surface area contributed by atoms with Crippen molar-refractivity contribution in [3.63, 3.8) is 0 Å². The summed E-state index contributed by atoms with van der Waals surface area (Å²) in [6.07, 6.45) is 4.37. The predicted octanol–water partition coefficient (Wildman–Crippen LogP) is 3.82. The Kier molecular flexibility index (Phi) is 6.78. The second kappa shape index (κ2) is 9.43. The molecule has 33 heavy (non-hydrogen) atoms. The first-order valence-corrected chi connectivity index (χ1v) is 12.2. The average Bonchev–Trinajstić information content (AvgIpc) is 2.78. The number of para-hydroxylation sites is 1. The van der Waals surface area contributed by atoms with Crippen LogP contribution in [0, 0.1) is 5.92 Å². The third-order valence-electron chi connectivity index (χ3n) is 7.39. The topological polar surface area (TPSA) is 59.9 Å². The Balaban J connectivity index is 1.51. The van der Waals surface area contributed by atoms with Crippen molar-refractivity contribution in [1.82, 2.24) is 9.88 Å². The monoisotopic (exact) mass is 450 g/mol. The van der Waals surface area contributed by atoms with E-state index in [1.807, 2.05) is 17.0 Å². The number of carbonyl (C=O) groups is 1. The highest BCUT2D eigenvalue weighted by molar-refractivity contribution is 5.95. The fraction of sp³-hybridized carbons (Fsp3) is 0.556. The van der Waals surface area contributed by atoms with Gasteiger partial charge in [0.1, 0.15) is 5.60 Å². The maximum Gasteiger partial charge on any atom is 0.230 e. The highest BCUT2D eigenvalue weighted by Crippen LogP contribution is 2.32. The van der Waals surface area contributed by atoms with E-state index in [0.717, 1.165) is 38.0 Å². The van der Waals surface area contributed by atoms with Crippen LogP contribution in [-0.4, -0.2) is 59.7 Å². The van der Waals surface area contributed by atoms with Crippen molar-refractivity contribution in [3.05, 3.63) is 53.9 Å². The number of likely N-dealkylation sites (N-methyl/N-ethyl adjacent to an activating group) is 1. The molecule has 3 atom stereocenters. The lowest BCUT2D eigenvalue weighted by Crippen LogP contribution is -2.55. The highest BCUT2D eigenvalue weighted by Gasteiger charge is 2.32. The van der Waals surface area contributed by atoms with Crippen LogP contribution in [0.5, 0.6) is 0 Å². The number of pyridine rings is 1. The second-order valence-corrected chi connectivity index (χ2v) is 10.4. The first-order chi connectivity index (χ1) is 15.6. The van der Waals surface area contributed by atoms with Crippen molar-refractivity contribution < 1.29 is 9.90 Å². The van der Waals surface area contributed by atoms with E-state index in [2.05, 4.69) is 59.9 Å². The molecule has 6 nitrogen and oxygen atoms in total. The van der Waals surface area contributed by atoms with Gasteiger partial charge in [0.25, 0.3) is 0 Å². The minimum atomic E-state index is -0.991. The fourth-order valence-electron chi connectivity index (χ4n) is 5.16. The van der Waals surface area contributed by atoms with Gasteiger partial charge in [-0.2, -0.15) is 0 Å².